The van der Waals surface area contributed by atoms with Gasteiger partial charge in [0.15, 0.2) is 0 Å². The number of halogens is 1. The largest absolute Gasteiger partial charge is 0.326 e. The molecule has 0 fully saturated rings. The van der Waals surface area contributed by atoms with Gasteiger partial charge in [-0.1, -0.05) is 44.5 Å². The Morgan fingerprint density at radius 3 is 2.33 bits per heavy atom. The van der Waals surface area contributed by atoms with E-state index in [1.165, 1.54) is 0 Å². The summed E-state index contributed by atoms with van der Waals surface area (Å²) in [6.07, 6.45) is 0. The summed E-state index contributed by atoms with van der Waals surface area (Å²) >= 11 is 6.14. The van der Waals surface area contributed by atoms with E-state index < -0.39 is 5.41 Å². The highest BCUT2D eigenvalue weighted by Crippen LogP contribution is 2.24. The van der Waals surface area contributed by atoms with Gasteiger partial charge in [0.05, 0.1) is 10.7 Å². The number of benzene rings is 2. The molecule has 2 aromatic rings. The summed E-state index contributed by atoms with van der Waals surface area (Å²) in [5.74, 6) is -0.394. The molecule has 0 radical (unpaired) electrons. The summed E-state index contributed by atoms with van der Waals surface area (Å²) in [6, 6.07) is 12.2. The first-order valence-corrected chi connectivity index (χ1v) is 8.03. The first kappa shape index (κ1) is 18.0. The molecular weight excluding hydrogens is 324 g/mol. The lowest BCUT2D eigenvalue weighted by atomic mass is 9.95. The van der Waals surface area contributed by atoms with Crippen LogP contribution in [0.3, 0.4) is 0 Å². The van der Waals surface area contributed by atoms with Gasteiger partial charge in [-0.3, -0.25) is 9.59 Å². The Balaban J connectivity index is 2.16. The molecule has 2 rings (SSSR count). The van der Waals surface area contributed by atoms with Crippen LogP contribution in [0, 0.1) is 12.3 Å². The molecule has 0 aliphatic rings. The fraction of sp³-hybridized carbons (Fsp3) is 0.263. The van der Waals surface area contributed by atoms with Crippen LogP contribution in [0.5, 0.6) is 0 Å². The lowest BCUT2D eigenvalue weighted by Gasteiger charge is -2.18. The fourth-order valence-electron chi connectivity index (χ4n) is 1.97. The second-order valence-electron chi connectivity index (χ2n) is 6.72. The van der Waals surface area contributed by atoms with E-state index in [-0.39, 0.29) is 11.8 Å². The maximum atomic E-state index is 12.4. The molecule has 0 atom stereocenters. The molecule has 0 bridgehead atoms. The predicted molar refractivity (Wildman–Crippen MR) is 98.7 cm³/mol. The van der Waals surface area contributed by atoms with Crippen molar-refractivity contribution in [2.45, 2.75) is 27.7 Å². The Hall–Kier alpha value is -2.33. The minimum absolute atomic E-state index is 0.110. The molecule has 0 saturated heterocycles. The molecule has 0 aliphatic carbocycles. The molecule has 24 heavy (non-hydrogen) atoms. The molecule has 4 nitrogen and oxygen atoms in total. The predicted octanol–water partition coefficient (Wildman–Crippen LogP) is 4.89. The minimum Gasteiger partial charge on any atom is -0.326 e. The maximum Gasteiger partial charge on any atom is 0.255 e. The Bertz CT molecular complexity index is 779. The molecule has 0 aromatic heterocycles. The van der Waals surface area contributed by atoms with Crippen molar-refractivity contribution in [3.8, 4) is 0 Å². The van der Waals surface area contributed by atoms with Crippen molar-refractivity contribution in [3.63, 3.8) is 0 Å². The van der Waals surface area contributed by atoms with Crippen molar-refractivity contribution in [1.82, 2.24) is 0 Å². The van der Waals surface area contributed by atoms with Gasteiger partial charge >= 0.3 is 0 Å². The van der Waals surface area contributed by atoms with Gasteiger partial charge < -0.3 is 10.6 Å². The number of carbonyl (C=O) groups excluding carboxylic acids is 2. The summed E-state index contributed by atoms with van der Waals surface area (Å²) < 4.78 is 0. The summed E-state index contributed by atoms with van der Waals surface area (Å²) in [7, 11) is 0. The first-order chi connectivity index (χ1) is 11.2. The fourth-order valence-corrected chi connectivity index (χ4v) is 2.26. The number of carbonyl (C=O) groups is 2. The van der Waals surface area contributed by atoms with Crippen LogP contribution in [-0.2, 0) is 4.79 Å². The molecule has 0 aliphatic heterocycles. The number of rotatable bonds is 3. The number of nitrogens with one attached hydrogen (secondary N) is 2. The quantitative estimate of drug-likeness (QED) is 0.833. The van der Waals surface area contributed by atoms with E-state index in [2.05, 4.69) is 10.6 Å². The standard InChI is InChI=1S/C19H21ClN2O2/c1-12-8-9-16(15(20)10-12)22-17(23)13-6-5-7-14(11-13)21-18(24)19(2,3)4/h5-11H,1-4H3,(H,21,24)(H,22,23). The molecule has 0 spiro atoms. The van der Waals surface area contributed by atoms with Crippen molar-refractivity contribution in [3.05, 3.63) is 58.6 Å². The van der Waals surface area contributed by atoms with Crippen molar-refractivity contribution in [1.29, 1.82) is 0 Å². The maximum absolute atomic E-state index is 12.4. The highest BCUT2D eigenvalue weighted by molar-refractivity contribution is 6.34. The monoisotopic (exact) mass is 344 g/mol. The topological polar surface area (TPSA) is 58.2 Å². The third kappa shape index (κ3) is 4.59. The highest BCUT2D eigenvalue weighted by atomic mass is 35.5. The Morgan fingerprint density at radius 1 is 1.00 bits per heavy atom. The van der Waals surface area contributed by atoms with E-state index in [0.717, 1.165) is 5.56 Å². The van der Waals surface area contributed by atoms with E-state index in [4.69, 9.17) is 11.6 Å². The van der Waals surface area contributed by atoms with Gasteiger partial charge in [0, 0.05) is 16.7 Å². The van der Waals surface area contributed by atoms with Crippen molar-refractivity contribution in [2.24, 2.45) is 5.41 Å². The Morgan fingerprint density at radius 2 is 1.71 bits per heavy atom. The molecule has 0 saturated carbocycles. The molecule has 2 amide bonds. The van der Waals surface area contributed by atoms with Crippen LogP contribution in [0.1, 0.15) is 36.7 Å². The van der Waals surface area contributed by atoms with Crippen LogP contribution in [0.4, 0.5) is 11.4 Å². The smallest absolute Gasteiger partial charge is 0.255 e. The summed E-state index contributed by atoms with van der Waals surface area (Å²) in [5.41, 5.74) is 2.09. The van der Waals surface area contributed by atoms with E-state index in [1.807, 2.05) is 33.8 Å². The molecule has 2 N–H and O–H groups in total. The van der Waals surface area contributed by atoms with Crippen LogP contribution in [-0.4, -0.2) is 11.8 Å². The molecule has 126 valence electrons. The molecule has 0 unspecified atom stereocenters. The molecule has 5 heteroatoms. The average Bonchev–Trinajstić information content (AvgIpc) is 2.49. The van der Waals surface area contributed by atoms with Gasteiger partial charge in [-0.05, 0) is 42.8 Å². The second kappa shape index (κ2) is 7.05. The van der Waals surface area contributed by atoms with Gasteiger partial charge in [0.25, 0.3) is 5.91 Å². The van der Waals surface area contributed by atoms with E-state index >= 15 is 0 Å². The van der Waals surface area contributed by atoms with Crippen LogP contribution < -0.4 is 10.6 Å². The Labute approximate surface area is 147 Å². The van der Waals surface area contributed by atoms with Crippen molar-refractivity contribution >= 4 is 34.8 Å². The number of aryl methyl sites for hydroxylation is 1. The highest BCUT2D eigenvalue weighted by Gasteiger charge is 2.21. The number of hydrogen-bond acceptors (Lipinski definition) is 2. The van der Waals surface area contributed by atoms with Crippen LogP contribution >= 0.6 is 11.6 Å². The van der Waals surface area contributed by atoms with Gasteiger partial charge in [-0.15, -0.1) is 0 Å². The minimum atomic E-state index is -0.506. The third-order valence-corrected chi connectivity index (χ3v) is 3.75. The zero-order valence-corrected chi connectivity index (χ0v) is 15.0. The first-order valence-electron chi connectivity index (χ1n) is 7.66. The van der Waals surface area contributed by atoms with Gasteiger partial charge in [-0.2, -0.15) is 0 Å². The van der Waals surface area contributed by atoms with Gasteiger partial charge in [0.1, 0.15) is 0 Å². The summed E-state index contributed by atoms with van der Waals surface area (Å²) in [6.45, 7) is 7.42. The van der Waals surface area contributed by atoms with Crippen molar-refractivity contribution < 1.29 is 9.59 Å². The van der Waals surface area contributed by atoms with E-state index in [1.54, 1.807) is 36.4 Å². The zero-order valence-electron chi connectivity index (χ0n) is 14.2. The average molecular weight is 345 g/mol. The van der Waals surface area contributed by atoms with Crippen molar-refractivity contribution in [2.75, 3.05) is 10.6 Å². The summed E-state index contributed by atoms with van der Waals surface area (Å²) in [5, 5.41) is 6.08. The van der Waals surface area contributed by atoms with Gasteiger partial charge in [0.2, 0.25) is 5.91 Å². The number of amides is 2. The Kier molecular flexibility index (Phi) is 5.30. The van der Waals surface area contributed by atoms with Gasteiger partial charge in [-0.25, -0.2) is 0 Å². The summed E-state index contributed by atoms with van der Waals surface area (Å²) in [4.78, 5) is 24.5. The zero-order chi connectivity index (χ0) is 17.9. The van der Waals surface area contributed by atoms with E-state index in [9.17, 15) is 9.59 Å². The second-order valence-corrected chi connectivity index (χ2v) is 7.13. The normalized spacial score (nSPS) is 11.0. The lowest BCUT2D eigenvalue weighted by molar-refractivity contribution is -0.123. The van der Waals surface area contributed by atoms with Crippen LogP contribution in [0.2, 0.25) is 5.02 Å². The third-order valence-electron chi connectivity index (χ3n) is 3.44. The SMILES string of the molecule is Cc1ccc(NC(=O)c2cccc(NC(=O)C(C)(C)C)c2)c(Cl)c1. The van der Waals surface area contributed by atoms with Crippen LogP contribution in [0.25, 0.3) is 0 Å². The van der Waals surface area contributed by atoms with E-state index in [0.29, 0.717) is 22.0 Å². The lowest BCUT2D eigenvalue weighted by Crippen LogP contribution is -2.27. The number of hydrogen-bond donors (Lipinski definition) is 2. The van der Waals surface area contributed by atoms with Crippen LogP contribution in [0.15, 0.2) is 42.5 Å². The molecule has 2 aromatic carbocycles. The number of anilines is 2. The molecule has 0 heterocycles. The molecular formula is C19H21ClN2O2.